The highest BCUT2D eigenvalue weighted by Gasteiger charge is 2.21. The van der Waals surface area contributed by atoms with Gasteiger partial charge in [0.05, 0.1) is 22.5 Å². The van der Waals surface area contributed by atoms with Gasteiger partial charge in [0.25, 0.3) is 5.56 Å². The minimum atomic E-state index is -0.280. The van der Waals surface area contributed by atoms with Gasteiger partial charge in [-0.25, -0.2) is 19.3 Å². The van der Waals surface area contributed by atoms with Crippen molar-refractivity contribution < 1.29 is 4.39 Å². The summed E-state index contributed by atoms with van der Waals surface area (Å²) >= 11 is 0. The molecule has 1 aromatic carbocycles. The molecule has 0 atom stereocenters. The Balaban J connectivity index is 1.31. The molecule has 154 valence electrons. The Morgan fingerprint density at radius 1 is 1.06 bits per heavy atom. The predicted molar refractivity (Wildman–Crippen MR) is 113 cm³/mol. The Morgan fingerprint density at radius 2 is 1.94 bits per heavy atom. The summed E-state index contributed by atoms with van der Waals surface area (Å²) in [6, 6.07) is 10.3. The van der Waals surface area contributed by atoms with Crippen molar-refractivity contribution >= 4 is 0 Å². The average molecular weight is 414 g/mol. The first-order chi connectivity index (χ1) is 15.2. The lowest BCUT2D eigenvalue weighted by Crippen LogP contribution is -2.35. The standard InChI is InChI=1S/C23H19FN6O/c24-18-3-1-2-16(8-18)20-5-4-15(9-27-20)12-30-7-6-21-19(13-30)23(31)29-22(28-21)17-10-25-14-26-11-17/h1-5,8-11,14H,6-7,12-13H2,(H,28,29,31). The summed E-state index contributed by atoms with van der Waals surface area (Å²) in [5.41, 5.74) is 4.57. The van der Waals surface area contributed by atoms with Crippen LogP contribution < -0.4 is 5.56 Å². The van der Waals surface area contributed by atoms with Gasteiger partial charge in [-0.05, 0) is 23.8 Å². The first-order valence-corrected chi connectivity index (χ1v) is 9.96. The molecule has 0 aliphatic carbocycles. The van der Waals surface area contributed by atoms with E-state index in [1.165, 1.54) is 18.5 Å². The van der Waals surface area contributed by atoms with Crippen molar-refractivity contribution in [3.63, 3.8) is 0 Å². The van der Waals surface area contributed by atoms with E-state index >= 15 is 0 Å². The van der Waals surface area contributed by atoms with Crippen molar-refractivity contribution in [2.45, 2.75) is 19.5 Å². The number of pyridine rings is 1. The highest BCUT2D eigenvalue weighted by atomic mass is 19.1. The topological polar surface area (TPSA) is 87.7 Å². The molecule has 0 spiro atoms. The Hall–Kier alpha value is -3.78. The molecule has 0 bridgehead atoms. The first-order valence-electron chi connectivity index (χ1n) is 9.96. The van der Waals surface area contributed by atoms with Gasteiger partial charge in [-0.15, -0.1) is 0 Å². The molecule has 31 heavy (non-hydrogen) atoms. The number of aromatic amines is 1. The number of aromatic nitrogens is 5. The van der Waals surface area contributed by atoms with Crippen LogP contribution in [0, 0.1) is 5.82 Å². The van der Waals surface area contributed by atoms with E-state index in [-0.39, 0.29) is 11.4 Å². The third-order valence-electron chi connectivity index (χ3n) is 5.33. The second kappa shape index (κ2) is 8.16. The van der Waals surface area contributed by atoms with Gasteiger partial charge in [0.1, 0.15) is 18.0 Å². The Bertz CT molecular complexity index is 1270. The predicted octanol–water partition coefficient (Wildman–Crippen LogP) is 2.99. The van der Waals surface area contributed by atoms with E-state index in [4.69, 9.17) is 0 Å². The van der Waals surface area contributed by atoms with Crippen LogP contribution in [-0.4, -0.2) is 36.4 Å². The van der Waals surface area contributed by atoms with Crippen LogP contribution in [0.4, 0.5) is 4.39 Å². The number of fused-ring (bicyclic) bond motifs is 1. The van der Waals surface area contributed by atoms with Crippen molar-refractivity contribution in [2.24, 2.45) is 0 Å². The number of hydrogen-bond acceptors (Lipinski definition) is 6. The Morgan fingerprint density at radius 3 is 2.71 bits per heavy atom. The normalized spacial score (nSPS) is 13.7. The van der Waals surface area contributed by atoms with E-state index < -0.39 is 0 Å². The molecule has 0 fully saturated rings. The lowest BCUT2D eigenvalue weighted by Gasteiger charge is -2.27. The van der Waals surface area contributed by atoms with Crippen LogP contribution >= 0.6 is 0 Å². The molecular weight excluding hydrogens is 395 g/mol. The number of halogens is 1. The smallest absolute Gasteiger partial charge is 0.255 e. The number of H-pyrrole nitrogens is 1. The first kappa shape index (κ1) is 19.2. The van der Waals surface area contributed by atoms with E-state index in [1.54, 1.807) is 24.7 Å². The van der Waals surface area contributed by atoms with Crippen molar-refractivity contribution in [1.82, 2.24) is 29.8 Å². The number of rotatable bonds is 4. The summed E-state index contributed by atoms with van der Waals surface area (Å²) in [7, 11) is 0. The third-order valence-corrected chi connectivity index (χ3v) is 5.33. The molecule has 0 saturated heterocycles. The van der Waals surface area contributed by atoms with Crippen LogP contribution in [0.25, 0.3) is 22.6 Å². The molecule has 7 nitrogen and oxygen atoms in total. The highest BCUT2D eigenvalue weighted by molar-refractivity contribution is 5.59. The maximum atomic E-state index is 13.4. The molecule has 1 N–H and O–H groups in total. The summed E-state index contributed by atoms with van der Waals surface area (Å²) in [5.74, 6) is 0.215. The molecule has 0 saturated carbocycles. The molecule has 0 unspecified atom stereocenters. The van der Waals surface area contributed by atoms with E-state index in [9.17, 15) is 9.18 Å². The van der Waals surface area contributed by atoms with E-state index in [0.717, 1.165) is 29.1 Å². The lowest BCUT2D eigenvalue weighted by molar-refractivity contribution is 0.241. The van der Waals surface area contributed by atoms with Crippen LogP contribution in [0.15, 0.2) is 66.1 Å². The van der Waals surface area contributed by atoms with Crippen LogP contribution in [0.5, 0.6) is 0 Å². The second-order valence-corrected chi connectivity index (χ2v) is 7.49. The van der Waals surface area contributed by atoms with Gasteiger partial charge in [0.15, 0.2) is 0 Å². The zero-order valence-electron chi connectivity index (χ0n) is 16.6. The third kappa shape index (κ3) is 4.10. The summed E-state index contributed by atoms with van der Waals surface area (Å²) < 4.78 is 13.4. The minimum absolute atomic E-state index is 0.131. The van der Waals surface area contributed by atoms with E-state index in [1.807, 2.05) is 18.2 Å². The SMILES string of the molecule is O=c1[nH]c(-c2cncnc2)nc2c1CN(Cc1ccc(-c3cccc(F)c3)nc1)CC2. The number of hydrogen-bond donors (Lipinski definition) is 1. The van der Waals surface area contributed by atoms with E-state index in [0.29, 0.717) is 36.5 Å². The minimum Gasteiger partial charge on any atom is -0.306 e. The molecule has 0 amide bonds. The highest BCUT2D eigenvalue weighted by Crippen LogP contribution is 2.21. The molecule has 4 heterocycles. The van der Waals surface area contributed by atoms with Gasteiger partial charge in [0, 0.05) is 50.2 Å². The maximum Gasteiger partial charge on any atom is 0.255 e. The second-order valence-electron chi connectivity index (χ2n) is 7.49. The van der Waals surface area contributed by atoms with Gasteiger partial charge in [-0.1, -0.05) is 18.2 Å². The fourth-order valence-corrected chi connectivity index (χ4v) is 3.77. The molecule has 0 radical (unpaired) electrons. The Kier molecular flexibility index (Phi) is 5.05. The molecule has 8 heteroatoms. The number of nitrogens with one attached hydrogen (secondary N) is 1. The van der Waals surface area contributed by atoms with Gasteiger partial charge >= 0.3 is 0 Å². The summed E-state index contributed by atoms with van der Waals surface area (Å²) in [5, 5.41) is 0. The molecule has 1 aliphatic heterocycles. The van der Waals surface area contributed by atoms with Gasteiger partial charge in [0.2, 0.25) is 0 Å². The van der Waals surface area contributed by atoms with E-state index in [2.05, 4.69) is 29.8 Å². The van der Waals surface area contributed by atoms with Gasteiger partial charge in [-0.2, -0.15) is 0 Å². The largest absolute Gasteiger partial charge is 0.306 e. The van der Waals surface area contributed by atoms with Crippen LogP contribution in [0.3, 0.4) is 0 Å². The zero-order chi connectivity index (χ0) is 21.2. The monoisotopic (exact) mass is 414 g/mol. The van der Waals surface area contributed by atoms with Crippen molar-refractivity contribution in [3.05, 3.63) is 94.3 Å². The van der Waals surface area contributed by atoms with Gasteiger partial charge in [-0.3, -0.25) is 14.7 Å². The van der Waals surface area contributed by atoms with Crippen molar-refractivity contribution in [1.29, 1.82) is 0 Å². The lowest BCUT2D eigenvalue weighted by atomic mass is 10.1. The molecule has 1 aliphatic rings. The molecular formula is C23H19FN6O. The molecule has 5 rings (SSSR count). The molecule has 3 aromatic heterocycles. The van der Waals surface area contributed by atoms with Crippen LogP contribution in [-0.2, 0) is 19.5 Å². The Labute approximate surface area is 177 Å². The zero-order valence-corrected chi connectivity index (χ0v) is 16.6. The number of benzene rings is 1. The van der Waals surface area contributed by atoms with Crippen LogP contribution in [0.2, 0.25) is 0 Å². The van der Waals surface area contributed by atoms with Crippen molar-refractivity contribution in [2.75, 3.05) is 6.54 Å². The van der Waals surface area contributed by atoms with Crippen molar-refractivity contribution in [3.8, 4) is 22.6 Å². The fourth-order valence-electron chi connectivity index (χ4n) is 3.77. The number of nitrogens with zero attached hydrogens (tertiary/aromatic N) is 5. The summed E-state index contributed by atoms with van der Waals surface area (Å²) in [6.07, 6.45) is 7.20. The quantitative estimate of drug-likeness (QED) is 0.552. The average Bonchev–Trinajstić information content (AvgIpc) is 2.80. The van der Waals surface area contributed by atoms with Gasteiger partial charge < -0.3 is 4.98 Å². The summed E-state index contributed by atoms with van der Waals surface area (Å²) in [4.78, 5) is 34.8. The maximum absolute atomic E-state index is 13.4. The van der Waals surface area contributed by atoms with Crippen LogP contribution in [0.1, 0.15) is 16.8 Å². The molecule has 4 aromatic rings. The summed E-state index contributed by atoms with van der Waals surface area (Å²) in [6.45, 7) is 1.98. The fraction of sp³-hybridized carbons (Fsp3) is 0.174.